The quantitative estimate of drug-likeness (QED) is 0.267. The van der Waals surface area contributed by atoms with Gasteiger partial charge >= 0.3 is 0 Å². The van der Waals surface area contributed by atoms with Crippen molar-refractivity contribution in [2.75, 3.05) is 4.90 Å². The summed E-state index contributed by atoms with van der Waals surface area (Å²) < 4.78 is 2.62. The molecule has 3 aromatic rings. The number of nitrogens with zero attached hydrogens (tertiary/aromatic N) is 4. The van der Waals surface area contributed by atoms with E-state index in [9.17, 15) is 0 Å². The van der Waals surface area contributed by atoms with Gasteiger partial charge in [0.2, 0.25) is 0 Å². The standard InChI is InChI=1S/C50H51N5/c1-32-15-13-25-41-46-44(30-29-43-45(46)40-23-11-12-26-42(40)54(43)36-21-9-4-10-22-36)55(47(32)41)37-27-28-38-35(31-37)20-14-24-39(38)50-52-48(33-16-5-2-6-17-33)51-49(53-50)34-18-7-3-8-19-34/h2,4-7,9,11-14,16,18,20,23,25-34,36,39-40,42,48H,3,8,10,15,17,19,21-22,24H2,1H3,(H,51,52,53). The molecule has 1 aromatic heterocycles. The lowest BCUT2D eigenvalue weighted by Crippen LogP contribution is -2.46. The molecule has 3 heterocycles. The van der Waals surface area contributed by atoms with Crippen molar-refractivity contribution in [3.05, 3.63) is 143 Å². The Morgan fingerprint density at radius 1 is 0.782 bits per heavy atom. The van der Waals surface area contributed by atoms with Crippen molar-refractivity contribution in [1.82, 2.24) is 9.88 Å². The number of nitrogens with one attached hydrogen (secondary N) is 1. The van der Waals surface area contributed by atoms with Gasteiger partial charge in [0, 0.05) is 63.6 Å². The summed E-state index contributed by atoms with van der Waals surface area (Å²) in [5, 5.41) is 5.33. The monoisotopic (exact) mass is 721 g/mol. The summed E-state index contributed by atoms with van der Waals surface area (Å²) in [6, 6.07) is 13.1. The molecular formula is C50H51N5. The van der Waals surface area contributed by atoms with Crippen LogP contribution in [0.3, 0.4) is 0 Å². The van der Waals surface area contributed by atoms with Crippen LogP contribution in [-0.4, -0.2) is 34.5 Å². The number of hydrogen-bond donors (Lipinski definition) is 1. The minimum absolute atomic E-state index is 0.00119. The zero-order valence-corrected chi connectivity index (χ0v) is 31.9. The predicted molar refractivity (Wildman–Crippen MR) is 230 cm³/mol. The molecule has 11 rings (SSSR count). The largest absolute Gasteiger partial charge is 0.361 e. The van der Waals surface area contributed by atoms with Crippen LogP contribution in [0.4, 0.5) is 5.69 Å². The van der Waals surface area contributed by atoms with Crippen molar-refractivity contribution in [3.8, 4) is 5.69 Å². The van der Waals surface area contributed by atoms with Crippen molar-refractivity contribution in [3.63, 3.8) is 0 Å². The number of benzene rings is 2. The molecule has 276 valence electrons. The van der Waals surface area contributed by atoms with E-state index in [0.717, 1.165) is 50.2 Å². The lowest BCUT2D eigenvalue weighted by molar-refractivity contribution is 0.464. The van der Waals surface area contributed by atoms with E-state index in [2.05, 4.69) is 149 Å². The molecule has 8 aliphatic rings. The molecule has 1 N–H and O–H groups in total. The summed E-state index contributed by atoms with van der Waals surface area (Å²) in [5.41, 5.74) is 11.1. The van der Waals surface area contributed by atoms with Gasteiger partial charge in [0.15, 0.2) is 0 Å². The first-order chi connectivity index (χ1) is 27.2. The molecule has 2 aromatic carbocycles. The van der Waals surface area contributed by atoms with Crippen LogP contribution < -0.4 is 10.2 Å². The maximum Gasteiger partial charge on any atom is 0.134 e. The fraction of sp³-hybridized carbons (Fsp3) is 0.360. The Bertz CT molecular complexity index is 2370. The van der Waals surface area contributed by atoms with E-state index >= 15 is 0 Å². The SMILES string of the molecule is CC1CC=Cc2c1n(-c1ccc3c(c1)C=CCC3C1=NC(C3C=CCCC3)=NC(C3C=CC=CC3)N1)c1ccc3c(c21)C1C=CC=CC1N3C1CC=CCC1. The van der Waals surface area contributed by atoms with E-state index in [1.807, 2.05) is 0 Å². The summed E-state index contributed by atoms with van der Waals surface area (Å²) in [6.07, 6.45) is 47.4. The third kappa shape index (κ3) is 5.48. The third-order valence-corrected chi connectivity index (χ3v) is 13.7. The molecule has 0 amide bonds. The zero-order valence-electron chi connectivity index (χ0n) is 31.9. The lowest BCUT2D eigenvalue weighted by Gasteiger charge is -2.37. The van der Waals surface area contributed by atoms with Gasteiger partial charge in [-0.3, -0.25) is 0 Å². The van der Waals surface area contributed by atoms with Crippen LogP contribution in [-0.2, 0) is 0 Å². The minimum atomic E-state index is 0.00119. The summed E-state index contributed by atoms with van der Waals surface area (Å²) in [6.45, 7) is 2.42. The number of aliphatic imine (C=N–C) groups is 2. The number of fused-ring (bicyclic) bond motifs is 8. The van der Waals surface area contributed by atoms with Gasteiger partial charge in [-0.25, -0.2) is 9.98 Å². The predicted octanol–water partition coefficient (Wildman–Crippen LogP) is 11.4. The van der Waals surface area contributed by atoms with Crippen LogP contribution >= 0.6 is 0 Å². The molecule has 2 aliphatic heterocycles. The molecule has 6 aliphatic carbocycles. The van der Waals surface area contributed by atoms with Crippen molar-refractivity contribution in [2.45, 2.75) is 101 Å². The Hall–Kier alpha value is -5.16. The zero-order chi connectivity index (χ0) is 36.5. The van der Waals surface area contributed by atoms with Gasteiger partial charge in [0.25, 0.3) is 0 Å². The topological polar surface area (TPSA) is 44.9 Å². The maximum absolute atomic E-state index is 5.36. The van der Waals surface area contributed by atoms with E-state index in [0.29, 0.717) is 35.8 Å². The minimum Gasteiger partial charge on any atom is -0.361 e. The first-order valence-corrected chi connectivity index (χ1v) is 21.1. The number of anilines is 1. The fourth-order valence-electron chi connectivity index (χ4n) is 11.0. The highest BCUT2D eigenvalue weighted by Gasteiger charge is 2.42. The smallest absolute Gasteiger partial charge is 0.134 e. The average molecular weight is 722 g/mol. The summed E-state index contributed by atoms with van der Waals surface area (Å²) in [5.74, 6) is 3.66. The summed E-state index contributed by atoms with van der Waals surface area (Å²) in [7, 11) is 0. The van der Waals surface area contributed by atoms with Crippen LogP contribution in [0.1, 0.15) is 110 Å². The van der Waals surface area contributed by atoms with Crippen LogP contribution in [0.2, 0.25) is 0 Å². The second kappa shape index (κ2) is 13.5. The lowest BCUT2D eigenvalue weighted by atomic mass is 9.84. The van der Waals surface area contributed by atoms with Gasteiger partial charge in [-0.2, -0.15) is 0 Å². The molecule has 5 nitrogen and oxygen atoms in total. The molecule has 8 unspecified atom stereocenters. The molecule has 0 saturated heterocycles. The second-order valence-electron chi connectivity index (χ2n) is 17.0. The summed E-state index contributed by atoms with van der Waals surface area (Å²) in [4.78, 5) is 13.4. The Morgan fingerprint density at radius 3 is 2.58 bits per heavy atom. The molecule has 8 atom stereocenters. The molecule has 5 heteroatoms. The number of allylic oxidation sites excluding steroid dienone is 9. The van der Waals surface area contributed by atoms with Crippen molar-refractivity contribution >= 4 is 40.4 Å². The number of rotatable bonds is 5. The van der Waals surface area contributed by atoms with Gasteiger partial charge in [0.05, 0.1) is 11.6 Å². The molecule has 0 radical (unpaired) electrons. The Labute approximate surface area is 325 Å². The Balaban J connectivity index is 1.01. The highest BCUT2D eigenvalue weighted by atomic mass is 15.2. The van der Waals surface area contributed by atoms with Gasteiger partial charge in [-0.15, -0.1) is 0 Å². The number of amidine groups is 2. The Kier molecular flexibility index (Phi) is 8.18. The average Bonchev–Trinajstić information content (AvgIpc) is 3.78. The van der Waals surface area contributed by atoms with E-state index in [-0.39, 0.29) is 12.1 Å². The van der Waals surface area contributed by atoms with Crippen molar-refractivity contribution in [1.29, 1.82) is 0 Å². The maximum atomic E-state index is 5.36. The fourth-order valence-corrected chi connectivity index (χ4v) is 11.0. The molecule has 0 saturated carbocycles. The van der Waals surface area contributed by atoms with E-state index in [4.69, 9.17) is 9.98 Å². The molecule has 0 spiro atoms. The van der Waals surface area contributed by atoms with Gasteiger partial charge in [-0.1, -0.05) is 110 Å². The van der Waals surface area contributed by atoms with Crippen LogP contribution in [0.25, 0.3) is 28.7 Å². The molecular weight excluding hydrogens is 671 g/mol. The highest BCUT2D eigenvalue weighted by Crippen LogP contribution is 2.53. The van der Waals surface area contributed by atoms with Crippen LogP contribution in [0, 0.1) is 11.8 Å². The van der Waals surface area contributed by atoms with E-state index < -0.39 is 0 Å². The van der Waals surface area contributed by atoms with E-state index in [1.54, 1.807) is 0 Å². The molecule has 55 heavy (non-hydrogen) atoms. The van der Waals surface area contributed by atoms with Crippen molar-refractivity contribution < 1.29 is 0 Å². The Morgan fingerprint density at radius 2 is 1.71 bits per heavy atom. The van der Waals surface area contributed by atoms with Crippen LogP contribution in [0.5, 0.6) is 0 Å². The normalized spacial score (nSPS) is 31.2. The highest BCUT2D eigenvalue weighted by molar-refractivity contribution is 6.04. The van der Waals surface area contributed by atoms with E-state index in [1.165, 1.54) is 69.5 Å². The second-order valence-corrected chi connectivity index (χ2v) is 17.0. The number of aromatic nitrogens is 1. The third-order valence-electron chi connectivity index (χ3n) is 13.7. The van der Waals surface area contributed by atoms with Crippen molar-refractivity contribution in [2.24, 2.45) is 21.8 Å². The molecule has 0 bridgehead atoms. The molecule has 0 fully saturated rings. The van der Waals surface area contributed by atoms with Gasteiger partial charge in [0.1, 0.15) is 17.8 Å². The van der Waals surface area contributed by atoms with Gasteiger partial charge in [-0.05, 0) is 98.7 Å². The van der Waals surface area contributed by atoms with Gasteiger partial charge < -0.3 is 14.8 Å². The number of hydrogen-bond acceptors (Lipinski definition) is 4. The first-order valence-electron chi connectivity index (χ1n) is 21.1. The van der Waals surface area contributed by atoms with Crippen LogP contribution in [0.15, 0.2) is 125 Å². The first kappa shape index (κ1) is 33.2. The summed E-state index contributed by atoms with van der Waals surface area (Å²) >= 11 is 0.